The molecule has 2 rings (SSSR count). The minimum atomic E-state index is -0.489. The lowest BCUT2D eigenvalue weighted by molar-refractivity contribution is -0.131. The van der Waals surface area contributed by atoms with Crippen molar-refractivity contribution >= 4 is 23.6 Å². The van der Waals surface area contributed by atoms with Crippen LogP contribution in [0.2, 0.25) is 0 Å². The second-order valence-electron chi connectivity index (χ2n) is 4.73. The fourth-order valence-corrected chi connectivity index (χ4v) is 2.93. The van der Waals surface area contributed by atoms with Crippen LogP contribution in [0, 0.1) is 0 Å². The molecule has 1 saturated heterocycles. The minimum absolute atomic E-state index is 0.000234. The first-order valence-electron chi connectivity index (χ1n) is 6.85. The van der Waals surface area contributed by atoms with Gasteiger partial charge in [0.2, 0.25) is 5.91 Å². The lowest BCUT2D eigenvalue weighted by atomic mass is 10.1. The van der Waals surface area contributed by atoms with E-state index < -0.39 is 6.04 Å². The molecule has 1 unspecified atom stereocenters. The van der Waals surface area contributed by atoms with Gasteiger partial charge in [0.25, 0.3) is 5.91 Å². The SMILES string of the molecule is NC(CCCNC(=O)c1cnccn1)C(=O)N1CCSC1. The molecule has 0 radical (unpaired) electrons. The zero-order chi connectivity index (χ0) is 15.1. The molecule has 0 aliphatic carbocycles. The molecule has 1 aromatic heterocycles. The van der Waals surface area contributed by atoms with Crippen LogP contribution in [0.15, 0.2) is 18.6 Å². The Bertz CT molecular complexity index is 479. The van der Waals surface area contributed by atoms with E-state index in [0.29, 0.717) is 19.4 Å². The van der Waals surface area contributed by atoms with Crippen LogP contribution >= 0.6 is 11.8 Å². The van der Waals surface area contributed by atoms with Crippen LogP contribution in [0.5, 0.6) is 0 Å². The minimum Gasteiger partial charge on any atom is -0.351 e. The van der Waals surface area contributed by atoms with Gasteiger partial charge in [0.05, 0.1) is 18.1 Å². The molecule has 8 heteroatoms. The van der Waals surface area contributed by atoms with Crippen molar-refractivity contribution in [3.8, 4) is 0 Å². The molecule has 7 nitrogen and oxygen atoms in total. The third-order valence-electron chi connectivity index (χ3n) is 3.15. The third kappa shape index (κ3) is 4.68. The summed E-state index contributed by atoms with van der Waals surface area (Å²) in [5.41, 5.74) is 6.17. The first kappa shape index (κ1) is 15.7. The Labute approximate surface area is 127 Å². The largest absolute Gasteiger partial charge is 0.351 e. The number of rotatable bonds is 6. The first-order valence-corrected chi connectivity index (χ1v) is 8.00. The van der Waals surface area contributed by atoms with Gasteiger partial charge in [-0.15, -0.1) is 11.8 Å². The molecule has 21 heavy (non-hydrogen) atoms. The van der Waals surface area contributed by atoms with E-state index in [1.54, 1.807) is 16.7 Å². The predicted molar refractivity (Wildman–Crippen MR) is 80.6 cm³/mol. The van der Waals surface area contributed by atoms with Gasteiger partial charge in [0.15, 0.2) is 0 Å². The number of nitrogens with one attached hydrogen (secondary N) is 1. The number of amides is 2. The smallest absolute Gasteiger partial charge is 0.271 e. The molecule has 1 fully saturated rings. The van der Waals surface area contributed by atoms with E-state index in [1.807, 2.05) is 0 Å². The van der Waals surface area contributed by atoms with Gasteiger partial charge < -0.3 is 16.0 Å². The molecule has 2 amide bonds. The quantitative estimate of drug-likeness (QED) is 0.709. The number of carbonyl (C=O) groups is 2. The van der Waals surface area contributed by atoms with E-state index in [9.17, 15) is 9.59 Å². The Balaban J connectivity index is 1.65. The highest BCUT2D eigenvalue weighted by molar-refractivity contribution is 7.99. The number of aromatic nitrogens is 2. The van der Waals surface area contributed by atoms with E-state index in [4.69, 9.17) is 5.73 Å². The molecule has 0 spiro atoms. The summed E-state index contributed by atoms with van der Waals surface area (Å²) in [5.74, 6) is 1.45. The second kappa shape index (κ2) is 7.94. The highest BCUT2D eigenvalue weighted by Crippen LogP contribution is 2.14. The van der Waals surface area contributed by atoms with E-state index in [1.165, 1.54) is 18.6 Å². The number of carbonyl (C=O) groups excluding carboxylic acids is 2. The molecule has 1 atom stereocenters. The number of nitrogens with zero attached hydrogens (tertiary/aromatic N) is 3. The van der Waals surface area contributed by atoms with Gasteiger partial charge >= 0.3 is 0 Å². The average Bonchev–Trinajstić information content (AvgIpc) is 3.05. The molecular formula is C13H19N5O2S. The van der Waals surface area contributed by atoms with Crippen LogP contribution in [0.4, 0.5) is 0 Å². The van der Waals surface area contributed by atoms with Crippen molar-refractivity contribution < 1.29 is 9.59 Å². The molecule has 0 aromatic carbocycles. The van der Waals surface area contributed by atoms with Crippen molar-refractivity contribution in [1.82, 2.24) is 20.2 Å². The monoisotopic (exact) mass is 309 g/mol. The molecule has 0 bridgehead atoms. The summed E-state index contributed by atoms with van der Waals surface area (Å²) in [5, 5.41) is 2.74. The van der Waals surface area contributed by atoms with Gasteiger partial charge in [0.1, 0.15) is 5.69 Å². The Morgan fingerprint density at radius 2 is 2.33 bits per heavy atom. The summed E-state index contributed by atoms with van der Waals surface area (Å²) >= 11 is 1.74. The summed E-state index contributed by atoms with van der Waals surface area (Å²) in [6, 6.07) is -0.489. The normalized spacial score (nSPS) is 15.8. The van der Waals surface area contributed by atoms with Crippen molar-refractivity contribution in [2.24, 2.45) is 5.73 Å². The molecule has 0 saturated carbocycles. The number of hydrogen-bond donors (Lipinski definition) is 2. The van der Waals surface area contributed by atoms with Crippen LogP contribution in [0.1, 0.15) is 23.3 Å². The van der Waals surface area contributed by atoms with Gasteiger partial charge in [-0.2, -0.15) is 0 Å². The maximum atomic E-state index is 12.0. The lowest BCUT2D eigenvalue weighted by Crippen LogP contribution is -2.42. The summed E-state index contributed by atoms with van der Waals surface area (Å²) in [6.07, 6.45) is 5.60. The Morgan fingerprint density at radius 3 is 3.00 bits per heavy atom. The fraction of sp³-hybridized carbons (Fsp3) is 0.538. The highest BCUT2D eigenvalue weighted by atomic mass is 32.2. The Hall–Kier alpha value is -1.67. The number of thioether (sulfide) groups is 1. The van der Waals surface area contributed by atoms with Crippen molar-refractivity contribution in [1.29, 1.82) is 0 Å². The van der Waals surface area contributed by atoms with Gasteiger partial charge in [0, 0.05) is 31.2 Å². The van der Waals surface area contributed by atoms with E-state index >= 15 is 0 Å². The van der Waals surface area contributed by atoms with Gasteiger partial charge in [-0.3, -0.25) is 14.6 Å². The van der Waals surface area contributed by atoms with Crippen LogP contribution in [0.25, 0.3) is 0 Å². The standard InChI is InChI=1S/C13H19N5O2S/c14-10(13(20)18-6-7-21-9-18)2-1-3-17-12(19)11-8-15-4-5-16-11/h4-5,8,10H,1-3,6-7,9,14H2,(H,17,19). The fourth-order valence-electron chi connectivity index (χ4n) is 1.98. The topological polar surface area (TPSA) is 101 Å². The van der Waals surface area contributed by atoms with Crippen molar-refractivity contribution in [3.63, 3.8) is 0 Å². The van der Waals surface area contributed by atoms with Crippen molar-refractivity contribution in [2.75, 3.05) is 24.7 Å². The van der Waals surface area contributed by atoms with Crippen LogP contribution in [-0.4, -0.2) is 57.4 Å². The summed E-state index contributed by atoms with van der Waals surface area (Å²) < 4.78 is 0. The average molecular weight is 309 g/mol. The van der Waals surface area contributed by atoms with Gasteiger partial charge in [-0.25, -0.2) is 4.98 Å². The molecule has 114 valence electrons. The maximum absolute atomic E-state index is 12.0. The zero-order valence-corrected chi connectivity index (χ0v) is 12.5. The van der Waals surface area contributed by atoms with Crippen LogP contribution in [-0.2, 0) is 4.79 Å². The number of hydrogen-bond acceptors (Lipinski definition) is 6. The van der Waals surface area contributed by atoms with Crippen LogP contribution < -0.4 is 11.1 Å². The molecule has 1 aromatic rings. The van der Waals surface area contributed by atoms with Crippen LogP contribution in [0.3, 0.4) is 0 Å². The summed E-state index contributed by atoms with van der Waals surface area (Å²) in [7, 11) is 0. The third-order valence-corrected chi connectivity index (χ3v) is 4.12. The first-order chi connectivity index (χ1) is 10.2. The zero-order valence-electron chi connectivity index (χ0n) is 11.7. The van der Waals surface area contributed by atoms with Gasteiger partial charge in [-0.1, -0.05) is 0 Å². The van der Waals surface area contributed by atoms with E-state index in [-0.39, 0.29) is 17.5 Å². The van der Waals surface area contributed by atoms with E-state index in [2.05, 4.69) is 15.3 Å². The second-order valence-corrected chi connectivity index (χ2v) is 5.81. The predicted octanol–water partition coefficient (Wildman–Crippen LogP) is -0.153. The van der Waals surface area contributed by atoms with Crippen molar-refractivity contribution in [2.45, 2.75) is 18.9 Å². The van der Waals surface area contributed by atoms with Crippen molar-refractivity contribution in [3.05, 3.63) is 24.3 Å². The molecule has 1 aliphatic heterocycles. The molecule has 1 aliphatic rings. The molecule has 2 heterocycles. The summed E-state index contributed by atoms with van der Waals surface area (Å²) in [6.45, 7) is 1.24. The highest BCUT2D eigenvalue weighted by Gasteiger charge is 2.23. The van der Waals surface area contributed by atoms with E-state index in [0.717, 1.165) is 18.2 Å². The number of nitrogens with two attached hydrogens (primary N) is 1. The molecular weight excluding hydrogens is 290 g/mol. The Kier molecular flexibility index (Phi) is 5.94. The summed E-state index contributed by atoms with van der Waals surface area (Å²) in [4.78, 5) is 33.2. The van der Waals surface area contributed by atoms with Gasteiger partial charge in [-0.05, 0) is 12.8 Å². The Morgan fingerprint density at radius 1 is 1.48 bits per heavy atom. The lowest BCUT2D eigenvalue weighted by Gasteiger charge is -2.19. The maximum Gasteiger partial charge on any atom is 0.271 e. The molecule has 3 N–H and O–H groups in total.